The highest BCUT2D eigenvalue weighted by molar-refractivity contribution is 7.10. The molecule has 128 valence electrons. The molecule has 2 aromatic rings. The summed E-state index contributed by atoms with van der Waals surface area (Å²) in [6, 6.07) is 3.98. The first-order valence-corrected chi connectivity index (χ1v) is 8.96. The van der Waals surface area contributed by atoms with Gasteiger partial charge in [0.1, 0.15) is 6.10 Å². The number of amides is 1. The summed E-state index contributed by atoms with van der Waals surface area (Å²) in [6.07, 6.45) is 5.58. The highest BCUT2D eigenvalue weighted by atomic mass is 32.1. The minimum atomic E-state index is -0.0403. The van der Waals surface area contributed by atoms with Crippen molar-refractivity contribution < 1.29 is 9.53 Å². The Hall–Kier alpha value is -2.15. The zero-order valence-electron chi connectivity index (χ0n) is 14.0. The van der Waals surface area contributed by atoms with Crippen molar-refractivity contribution in [3.8, 4) is 5.88 Å². The lowest BCUT2D eigenvalue weighted by molar-refractivity contribution is -0.133. The fourth-order valence-electron chi connectivity index (χ4n) is 2.80. The number of aromatic nitrogens is 2. The molecule has 1 atom stereocenters. The fraction of sp³-hybridized carbons (Fsp3) is 0.471. The SMILES string of the molecule is CN(C)c1nccnc1OC1CCCN(C(=O)Cc2cccs2)C1. The van der Waals surface area contributed by atoms with Crippen molar-refractivity contribution in [1.82, 2.24) is 14.9 Å². The molecule has 0 saturated carbocycles. The third-order valence-corrected chi connectivity index (χ3v) is 4.86. The van der Waals surface area contributed by atoms with Crippen LogP contribution in [0, 0.1) is 0 Å². The van der Waals surface area contributed by atoms with Gasteiger partial charge in [0, 0.05) is 37.9 Å². The largest absolute Gasteiger partial charge is 0.470 e. The third-order valence-electron chi connectivity index (χ3n) is 3.98. The number of nitrogens with zero attached hydrogens (tertiary/aromatic N) is 4. The first-order valence-electron chi connectivity index (χ1n) is 8.08. The molecular weight excluding hydrogens is 324 g/mol. The molecule has 3 heterocycles. The normalized spacial score (nSPS) is 17.6. The van der Waals surface area contributed by atoms with E-state index in [1.165, 1.54) is 0 Å². The van der Waals surface area contributed by atoms with E-state index >= 15 is 0 Å². The molecular formula is C17H22N4O2S. The van der Waals surface area contributed by atoms with E-state index < -0.39 is 0 Å². The van der Waals surface area contributed by atoms with E-state index in [2.05, 4.69) is 9.97 Å². The fourth-order valence-corrected chi connectivity index (χ4v) is 3.50. The molecule has 1 fully saturated rings. The van der Waals surface area contributed by atoms with Crippen LogP contribution in [0.15, 0.2) is 29.9 Å². The van der Waals surface area contributed by atoms with Crippen molar-refractivity contribution in [3.05, 3.63) is 34.8 Å². The van der Waals surface area contributed by atoms with Crippen LogP contribution in [0.4, 0.5) is 5.82 Å². The summed E-state index contributed by atoms with van der Waals surface area (Å²) in [6.45, 7) is 1.40. The Morgan fingerprint density at radius 3 is 3.00 bits per heavy atom. The Morgan fingerprint density at radius 1 is 1.42 bits per heavy atom. The summed E-state index contributed by atoms with van der Waals surface area (Å²) >= 11 is 1.62. The molecule has 0 aromatic carbocycles. The first kappa shape index (κ1) is 16.7. The summed E-state index contributed by atoms with van der Waals surface area (Å²) in [5, 5.41) is 2.00. The van der Waals surface area contributed by atoms with E-state index in [4.69, 9.17) is 4.74 Å². The highest BCUT2D eigenvalue weighted by Crippen LogP contribution is 2.24. The maximum absolute atomic E-state index is 12.5. The van der Waals surface area contributed by atoms with Crippen LogP contribution in [0.3, 0.4) is 0 Å². The van der Waals surface area contributed by atoms with Gasteiger partial charge in [0.15, 0.2) is 5.82 Å². The molecule has 3 rings (SSSR count). The number of hydrogen-bond donors (Lipinski definition) is 0. The zero-order valence-corrected chi connectivity index (χ0v) is 14.8. The van der Waals surface area contributed by atoms with E-state index in [1.807, 2.05) is 41.4 Å². The molecule has 7 heteroatoms. The van der Waals surface area contributed by atoms with Crippen molar-refractivity contribution >= 4 is 23.1 Å². The van der Waals surface area contributed by atoms with Crippen molar-refractivity contribution in [2.24, 2.45) is 0 Å². The summed E-state index contributed by atoms with van der Waals surface area (Å²) < 4.78 is 6.06. The average molecular weight is 346 g/mol. The van der Waals surface area contributed by atoms with Crippen LogP contribution in [0.2, 0.25) is 0 Å². The first-order chi connectivity index (χ1) is 11.6. The van der Waals surface area contributed by atoms with Gasteiger partial charge in [-0.1, -0.05) is 6.07 Å². The number of carbonyl (C=O) groups is 1. The van der Waals surface area contributed by atoms with Gasteiger partial charge in [-0.25, -0.2) is 9.97 Å². The van der Waals surface area contributed by atoms with E-state index in [0.717, 1.165) is 24.3 Å². The second-order valence-electron chi connectivity index (χ2n) is 6.06. The van der Waals surface area contributed by atoms with Gasteiger partial charge < -0.3 is 14.5 Å². The number of likely N-dealkylation sites (tertiary alicyclic amines) is 1. The van der Waals surface area contributed by atoms with Crippen molar-refractivity contribution in [3.63, 3.8) is 0 Å². The monoisotopic (exact) mass is 346 g/mol. The molecule has 1 saturated heterocycles. The van der Waals surface area contributed by atoms with Crippen molar-refractivity contribution in [1.29, 1.82) is 0 Å². The van der Waals surface area contributed by atoms with Gasteiger partial charge in [0.2, 0.25) is 5.91 Å². The molecule has 0 spiro atoms. The molecule has 6 nitrogen and oxygen atoms in total. The summed E-state index contributed by atoms with van der Waals surface area (Å²) in [5.74, 6) is 1.40. The number of anilines is 1. The lowest BCUT2D eigenvalue weighted by Gasteiger charge is -2.33. The zero-order chi connectivity index (χ0) is 16.9. The molecule has 0 radical (unpaired) electrons. The number of ether oxygens (including phenoxy) is 1. The summed E-state index contributed by atoms with van der Waals surface area (Å²) in [7, 11) is 3.82. The van der Waals surface area contributed by atoms with Gasteiger partial charge in [-0.05, 0) is 24.3 Å². The van der Waals surface area contributed by atoms with E-state index in [9.17, 15) is 4.79 Å². The number of piperidine rings is 1. The second kappa shape index (κ2) is 7.61. The minimum Gasteiger partial charge on any atom is -0.470 e. The Balaban J connectivity index is 1.62. The van der Waals surface area contributed by atoms with Crippen LogP contribution >= 0.6 is 11.3 Å². The Kier molecular flexibility index (Phi) is 5.30. The molecule has 1 amide bonds. The van der Waals surface area contributed by atoms with Crippen LogP contribution in [-0.2, 0) is 11.2 Å². The van der Waals surface area contributed by atoms with Crippen LogP contribution in [0.5, 0.6) is 5.88 Å². The minimum absolute atomic E-state index is 0.0403. The molecule has 0 N–H and O–H groups in total. The van der Waals surface area contributed by atoms with Crippen molar-refractivity contribution in [2.45, 2.75) is 25.4 Å². The standard InChI is InChI=1S/C17H22N4O2S/c1-20(2)16-17(19-8-7-18-16)23-13-5-3-9-21(12-13)15(22)11-14-6-4-10-24-14/h4,6-8,10,13H,3,5,9,11-12H2,1-2H3. The third kappa shape index (κ3) is 4.03. The van der Waals surface area contributed by atoms with Crippen molar-refractivity contribution in [2.75, 3.05) is 32.1 Å². The molecule has 2 aromatic heterocycles. The number of thiophene rings is 1. The van der Waals surface area contributed by atoms with Gasteiger partial charge in [0.05, 0.1) is 13.0 Å². The van der Waals surface area contributed by atoms with Gasteiger partial charge in [-0.2, -0.15) is 0 Å². The summed E-state index contributed by atoms with van der Waals surface area (Å²) in [4.78, 5) is 26.0. The number of rotatable bonds is 5. The predicted molar refractivity (Wildman–Crippen MR) is 94.6 cm³/mol. The Labute approximate surface area is 146 Å². The second-order valence-corrected chi connectivity index (χ2v) is 7.09. The van der Waals surface area contributed by atoms with Crippen LogP contribution < -0.4 is 9.64 Å². The molecule has 0 bridgehead atoms. The Bertz CT molecular complexity index is 675. The van der Waals surface area contributed by atoms with Gasteiger partial charge in [0.25, 0.3) is 5.88 Å². The number of hydrogen-bond acceptors (Lipinski definition) is 6. The lowest BCUT2D eigenvalue weighted by Crippen LogP contribution is -2.45. The maximum Gasteiger partial charge on any atom is 0.257 e. The smallest absolute Gasteiger partial charge is 0.257 e. The molecule has 1 aliphatic rings. The molecule has 24 heavy (non-hydrogen) atoms. The van der Waals surface area contributed by atoms with Crippen LogP contribution in [0.1, 0.15) is 17.7 Å². The quantitative estimate of drug-likeness (QED) is 0.831. The van der Waals surface area contributed by atoms with E-state index in [1.54, 1.807) is 23.7 Å². The van der Waals surface area contributed by atoms with Gasteiger partial charge >= 0.3 is 0 Å². The maximum atomic E-state index is 12.5. The lowest BCUT2D eigenvalue weighted by atomic mass is 10.1. The predicted octanol–water partition coefficient (Wildman–Crippen LogP) is 2.22. The number of carbonyl (C=O) groups excluding carboxylic acids is 1. The van der Waals surface area contributed by atoms with E-state index in [-0.39, 0.29) is 12.0 Å². The molecule has 0 aliphatic carbocycles. The van der Waals surface area contributed by atoms with Gasteiger partial charge in [-0.3, -0.25) is 4.79 Å². The molecule has 1 aliphatic heterocycles. The Morgan fingerprint density at radius 2 is 2.25 bits per heavy atom. The van der Waals surface area contributed by atoms with Crippen LogP contribution in [0.25, 0.3) is 0 Å². The van der Waals surface area contributed by atoms with Crippen LogP contribution in [-0.4, -0.2) is 54.1 Å². The van der Waals surface area contributed by atoms with E-state index in [0.29, 0.717) is 24.7 Å². The topological polar surface area (TPSA) is 58.6 Å². The highest BCUT2D eigenvalue weighted by Gasteiger charge is 2.26. The average Bonchev–Trinajstić information content (AvgIpc) is 3.08. The summed E-state index contributed by atoms with van der Waals surface area (Å²) in [5.41, 5.74) is 0. The van der Waals surface area contributed by atoms with Gasteiger partial charge in [-0.15, -0.1) is 11.3 Å². The molecule has 1 unspecified atom stereocenters.